The number of nitrogens with one attached hydrogen (secondary N) is 1. The highest BCUT2D eigenvalue weighted by molar-refractivity contribution is 5.77. The summed E-state index contributed by atoms with van der Waals surface area (Å²) < 4.78 is 51.6. The molecule has 0 bridgehead atoms. The lowest BCUT2D eigenvalue weighted by Gasteiger charge is -2.32. The van der Waals surface area contributed by atoms with E-state index in [-0.39, 0.29) is 141 Å². The van der Waals surface area contributed by atoms with Crippen molar-refractivity contribution in [3.63, 3.8) is 0 Å². The van der Waals surface area contributed by atoms with Gasteiger partial charge in [0.25, 0.3) is 0 Å². The number of carbonyl (C=O) groups excluding carboxylic acids is 3. The van der Waals surface area contributed by atoms with Gasteiger partial charge in [0.05, 0.1) is 52.9 Å². The van der Waals surface area contributed by atoms with E-state index < -0.39 is 90.9 Å². The summed E-state index contributed by atoms with van der Waals surface area (Å²) in [5, 5.41) is 103. The fraction of sp³-hybridized carbons (Fsp3) is 0.929. The molecule has 0 saturated carbocycles. The normalized spacial score (nSPS) is 18.5. The number of hydrogen-bond donors (Lipinski definition) is 12. The number of ether oxygens (including phenoxy) is 10. The molecule has 26 heteroatoms. The Hall–Kier alpha value is -2.84. The SMILES string of the molecule is C.C.C.C.C.C.CC.CC.CC[C@@](CO)(OC)OC(CO)CO.CC[C@@](CO)(OC)OC(CO)COC(=O)CCCC(=O)NC(C)(C)C.CC[C@@](CO)(OC)OC(CO)COC(=O)CCCC(=O)O.CC[C@@]1(OC)O[C@H](CO)[C@H](O)[C@@H]1O. The number of hydrogen-bond acceptors (Lipinski definition) is 24. The Kier molecular flexibility index (Phi) is 76.0. The Balaban J connectivity index is -0.0000000896. The van der Waals surface area contributed by atoms with E-state index in [9.17, 15) is 49.8 Å². The van der Waals surface area contributed by atoms with Gasteiger partial charge in [-0.1, -0.05) is 99.9 Å². The number of carbonyl (C=O) groups is 4. The average Bonchev–Trinajstić information content (AvgIpc) is 3.68. The first-order valence-corrected chi connectivity index (χ1v) is 25.8. The molecule has 0 aromatic heterocycles. The van der Waals surface area contributed by atoms with Crippen molar-refractivity contribution in [1.82, 2.24) is 5.32 Å². The molecule has 0 aromatic carbocycles. The lowest BCUT2D eigenvalue weighted by atomic mass is 10.0. The van der Waals surface area contributed by atoms with E-state index in [4.69, 9.17) is 72.9 Å². The van der Waals surface area contributed by atoms with Gasteiger partial charge in [0, 0.05) is 85.3 Å². The van der Waals surface area contributed by atoms with Crippen LogP contribution in [0.3, 0.4) is 0 Å². The third-order valence-electron chi connectivity index (χ3n) is 10.9. The van der Waals surface area contributed by atoms with Crippen LogP contribution in [0.4, 0.5) is 0 Å². The molecule has 12 N–H and O–H groups in total. The van der Waals surface area contributed by atoms with Crippen molar-refractivity contribution in [2.75, 3.05) is 94.5 Å². The van der Waals surface area contributed by atoms with Crippen LogP contribution in [0.1, 0.15) is 185 Å². The molecule has 26 nitrogen and oxygen atoms in total. The Labute approximate surface area is 495 Å². The second kappa shape index (κ2) is 59.9. The summed E-state index contributed by atoms with van der Waals surface area (Å²) in [4.78, 5) is 45.1. The number of aliphatic carboxylic acids is 1. The van der Waals surface area contributed by atoms with Crippen LogP contribution in [0.15, 0.2) is 0 Å². The Morgan fingerprint density at radius 1 is 0.549 bits per heavy atom. The molecule has 1 fully saturated rings. The van der Waals surface area contributed by atoms with Gasteiger partial charge < -0.3 is 109 Å². The van der Waals surface area contributed by atoms with E-state index in [1.807, 2.05) is 48.5 Å². The fourth-order valence-corrected chi connectivity index (χ4v) is 6.14. The molecule has 82 heavy (non-hydrogen) atoms. The van der Waals surface area contributed by atoms with Crippen LogP contribution in [-0.2, 0) is 66.5 Å². The van der Waals surface area contributed by atoms with Crippen molar-refractivity contribution in [3.8, 4) is 0 Å². The Morgan fingerprint density at radius 3 is 1.10 bits per heavy atom. The highest BCUT2D eigenvalue weighted by Crippen LogP contribution is 2.34. The quantitative estimate of drug-likeness (QED) is 0.0312. The van der Waals surface area contributed by atoms with Gasteiger partial charge in [-0.05, 0) is 33.6 Å². The molecule has 1 heterocycles. The molecular formula is C56H127NO25. The van der Waals surface area contributed by atoms with Crippen molar-refractivity contribution in [2.45, 2.75) is 250 Å². The van der Waals surface area contributed by atoms with Gasteiger partial charge in [0.15, 0.2) is 23.1 Å². The molecule has 9 atom stereocenters. The number of amides is 1. The fourth-order valence-electron chi connectivity index (χ4n) is 6.14. The van der Waals surface area contributed by atoms with Gasteiger partial charge in [-0.3, -0.25) is 19.2 Å². The van der Waals surface area contributed by atoms with Crippen LogP contribution < -0.4 is 5.32 Å². The van der Waals surface area contributed by atoms with Crippen LogP contribution >= 0.6 is 0 Å². The maximum atomic E-state index is 11.7. The number of carboxylic acid groups (broad SMARTS) is 1. The highest BCUT2D eigenvalue weighted by Gasteiger charge is 2.53. The van der Waals surface area contributed by atoms with E-state index in [2.05, 4.69) is 5.32 Å². The summed E-state index contributed by atoms with van der Waals surface area (Å²) in [5.74, 6) is -6.91. The van der Waals surface area contributed by atoms with Crippen LogP contribution in [0.5, 0.6) is 0 Å². The van der Waals surface area contributed by atoms with E-state index in [1.54, 1.807) is 27.7 Å². The molecule has 0 spiro atoms. The maximum Gasteiger partial charge on any atom is 0.305 e. The topological polar surface area (TPSA) is 395 Å². The first kappa shape index (κ1) is 104. The van der Waals surface area contributed by atoms with Gasteiger partial charge >= 0.3 is 17.9 Å². The molecule has 0 aliphatic carbocycles. The summed E-state index contributed by atoms with van der Waals surface area (Å²) in [5.41, 5.74) is -0.302. The van der Waals surface area contributed by atoms with Gasteiger partial charge in [-0.25, -0.2) is 0 Å². The molecule has 1 aliphatic heterocycles. The van der Waals surface area contributed by atoms with Crippen LogP contribution in [0, 0.1) is 0 Å². The van der Waals surface area contributed by atoms with E-state index >= 15 is 0 Å². The van der Waals surface area contributed by atoms with Crippen molar-refractivity contribution in [2.24, 2.45) is 0 Å². The van der Waals surface area contributed by atoms with Gasteiger partial charge in [0.2, 0.25) is 5.91 Å². The van der Waals surface area contributed by atoms with Gasteiger partial charge in [-0.15, -0.1) is 0 Å². The first-order valence-electron chi connectivity index (χ1n) is 25.8. The molecule has 0 radical (unpaired) electrons. The first-order chi connectivity index (χ1) is 35.8. The molecule has 1 rings (SSSR count). The van der Waals surface area contributed by atoms with Gasteiger partial charge in [0.1, 0.15) is 49.8 Å². The minimum Gasteiger partial charge on any atom is -0.481 e. The maximum absolute atomic E-state index is 11.7. The third kappa shape index (κ3) is 43.7. The predicted octanol–water partition coefficient (Wildman–Crippen LogP) is 4.47. The number of esters is 2. The van der Waals surface area contributed by atoms with E-state index in [0.29, 0.717) is 32.1 Å². The number of rotatable bonds is 34. The van der Waals surface area contributed by atoms with Crippen molar-refractivity contribution in [1.29, 1.82) is 0 Å². The lowest BCUT2D eigenvalue weighted by molar-refractivity contribution is -0.274. The van der Waals surface area contributed by atoms with E-state index in [1.165, 1.54) is 28.4 Å². The standard InChI is InChI=1S/C17H33NO7.C13H24O8.C8H16O5.C8H18O5.2C2H6.6CH4/c1-6-17(12-20,23-5)25-13(10-19)11-24-15(22)9-7-8-14(21)18-16(2,3)4;1-3-13(9-15,19-2)21-10(7-14)8-20-12(18)6-4-5-11(16)17;1-3-8(12-2)7(11)6(10)5(4-9)13-8;1-3-8(6-11,12-2)13-7(4-9)5-10;2*1-2;;;;;;/h13,19-20H,6-12H2,1-5H3,(H,18,21);10,14-15H,3-9H2,1-2H3,(H,16,17);5-7,9-11H,3-4H2,1-2H3;7,9-11H,3-6H2,1-2H3;2*1-2H3;6*1H4/t13?,17-;10?,13-;5-,6+,7+,8-;8-;;;;;;;;/m1111......../s1. The second-order valence-corrected chi connectivity index (χ2v) is 17.2. The molecule has 0 aromatic rings. The molecule has 2 unspecified atom stereocenters. The van der Waals surface area contributed by atoms with E-state index in [0.717, 1.165) is 0 Å². The molecule has 506 valence electrons. The molecule has 1 aliphatic rings. The Morgan fingerprint density at radius 2 is 0.878 bits per heavy atom. The predicted molar refractivity (Wildman–Crippen MR) is 317 cm³/mol. The minimum absolute atomic E-state index is 0. The second-order valence-electron chi connectivity index (χ2n) is 17.2. The minimum atomic E-state index is -1.25. The zero-order valence-electron chi connectivity index (χ0n) is 48.2. The molecule has 1 saturated heterocycles. The molecule has 1 amide bonds. The van der Waals surface area contributed by atoms with Crippen molar-refractivity contribution in [3.05, 3.63) is 0 Å². The lowest BCUT2D eigenvalue weighted by Crippen LogP contribution is -2.44. The zero-order chi connectivity index (χ0) is 60.2. The van der Waals surface area contributed by atoms with Crippen LogP contribution in [-0.4, -0.2) is 240 Å². The summed E-state index contributed by atoms with van der Waals surface area (Å²) in [6.07, 6.45) is -2.99. The van der Waals surface area contributed by atoms with Crippen molar-refractivity contribution >= 4 is 23.8 Å². The largest absolute Gasteiger partial charge is 0.481 e. The zero-order valence-corrected chi connectivity index (χ0v) is 48.2. The summed E-state index contributed by atoms with van der Waals surface area (Å²) in [6, 6.07) is 0. The summed E-state index contributed by atoms with van der Waals surface area (Å²) >= 11 is 0. The monoisotopic (exact) mass is 1210 g/mol. The number of aliphatic hydroxyl groups is 10. The smallest absolute Gasteiger partial charge is 0.305 e. The van der Waals surface area contributed by atoms with Crippen molar-refractivity contribution < 1.29 is 123 Å². The van der Waals surface area contributed by atoms with Gasteiger partial charge in [-0.2, -0.15) is 0 Å². The number of methoxy groups -OCH3 is 4. The Bertz CT molecular complexity index is 1380. The number of aliphatic hydroxyl groups excluding tert-OH is 10. The average molecular weight is 1210 g/mol. The summed E-state index contributed by atoms with van der Waals surface area (Å²) in [7, 11) is 5.57. The van der Waals surface area contributed by atoms with Crippen LogP contribution in [0.25, 0.3) is 0 Å². The number of carboxylic acids is 1. The third-order valence-corrected chi connectivity index (χ3v) is 10.9. The highest BCUT2D eigenvalue weighted by atomic mass is 16.7. The van der Waals surface area contributed by atoms with Crippen LogP contribution in [0.2, 0.25) is 0 Å². The summed E-state index contributed by atoms with van der Waals surface area (Å²) in [6.45, 7) is 17.5. The molecular weight excluding hydrogens is 1090 g/mol.